The Labute approximate surface area is 197 Å². The second-order valence-electron chi connectivity index (χ2n) is 7.70. The van der Waals surface area contributed by atoms with Gasteiger partial charge in [-0.25, -0.2) is 5.43 Å². The van der Waals surface area contributed by atoms with Gasteiger partial charge in [0.25, 0.3) is 5.91 Å². The lowest BCUT2D eigenvalue weighted by Crippen LogP contribution is -2.27. The molecule has 0 radical (unpaired) electrons. The summed E-state index contributed by atoms with van der Waals surface area (Å²) in [5.41, 5.74) is 10.6. The van der Waals surface area contributed by atoms with Crippen LogP contribution in [0.3, 0.4) is 0 Å². The number of aromatic nitrogens is 1. The molecule has 4 nitrogen and oxygen atoms in total. The van der Waals surface area contributed by atoms with Crippen molar-refractivity contribution in [3.05, 3.63) is 86.6 Å². The molecule has 2 aromatic carbocycles. The van der Waals surface area contributed by atoms with Crippen LogP contribution in [0.25, 0.3) is 5.69 Å². The average Bonchev–Trinajstić information content (AvgIpc) is 2.97. The van der Waals surface area contributed by atoms with Gasteiger partial charge in [-0.1, -0.05) is 42.5 Å². The molecule has 0 saturated carbocycles. The number of hydrogen-bond acceptors (Lipinski definition) is 3. The van der Waals surface area contributed by atoms with E-state index in [0.717, 1.165) is 32.9 Å². The Balaban J connectivity index is 1.71. The Bertz CT molecular complexity index is 1110. The van der Waals surface area contributed by atoms with Gasteiger partial charge in [-0.05, 0) is 73.3 Å². The van der Waals surface area contributed by atoms with Crippen LogP contribution < -0.4 is 5.43 Å². The van der Waals surface area contributed by atoms with Crippen LogP contribution in [-0.2, 0) is 10.5 Å². The fourth-order valence-corrected chi connectivity index (χ4v) is 4.82. The summed E-state index contributed by atoms with van der Waals surface area (Å²) < 4.78 is 3.21. The van der Waals surface area contributed by atoms with E-state index < -0.39 is 0 Å². The maximum absolute atomic E-state index is 12.4. The van der Waals surface area contributed by atoms with Gasteiger partial charge in [-0.3, -0.25) is 4.79 Å². The molecule has 3 aromatic rings. The number of carbonyl (C=O) groups is 1. The van der Waals surface area contributed by atoms with E-state index >= 15 is 0 Å². The molecule has 1 amide bonds. The number of aryl methyl sites for hydroxylation is 2. The molecule has 1 aromatic heterocycles. The summed E-state index contributed by atoms with van der Waals surface area (Å²) in [4.78, 5) is 12.4. The molecule has 0 aliphatic carbocycles. The lowest BCUT2D eigenvalue weighted by Gasteiger charge is -2.13. The fourth-order valence-electron chi connectivity index (χ4n) is 3.42. The summed E-state index contributed by atoms with van der Waals surface area (Å²) in [6, 6.07) is 16.6. The number of nitrogens with one attached hydrogen (secondary N) is 1. The van der Waals surface area contributed by atoms with Crippen molar-refractivity contribution in [1.82, 2.24) is 9.99 Å². The van der Waals surface area contributed by atoms with Crippen molar-refractivity contribution in [2.75, 3.05) is 0 Å². The zero-order chi connectivity index (χ0) is 22.5. The topological polar surface area (TPSA) is 46.4 Å². The van der Waals surface area contributed by atoms with Crippen molar-refractivity contribution in [3.63, 3.8) is 0 Å². The normalized spacial score (nSPS) is 12.3. The maximum Gasteiger partial charge on any atom is 0.252 e. The van der Waals surface area contributed by atoms with Crippen LogP contribution in [0.15, 0.2) is 58.1 Å². The SMILES string of the molecule is Cc1ccc(C)c(-n2c(C)c(Br)c(/C=N\NC(=O)[C@H](C)SCc3ccccc3)c2C)c1. The van der Waals surface area contributed by atoms with E-state index in [1.165, 1.54) is 16.7 Å². The number of halogens is 1. The van der Waals surface area contributed by atoms with Crippen LogP contribution in [0.2, 0.25) is 0 Å². The zero-order valence-electron chi connectivity index (χ0n) is 18.6. The molecule has 0 saturated heterocycles. The number of nitrogens with zero attached hydrogens (tertiary/aromatic N) is 2. The minimum atomic E-state index is -0.192. The molecule has 31 heavy (non-hydrogen) atoms. The van der Waals surface area contributed by atoms with E-state index in [9.17, 15) is 4.79 Å². The lowest BCUT2D eigenvalue weighted by molar-refractivity contribution is -0.120. The van der Waals surface area contributed by atoms with Crippen LogP contribution in [0.1, 0.15) is 40.6 Å². The molecule has 0 aliphatic heterocycles. The van der Waals surface area contributed by atoms with Crippen molar-refractivity contribution in [2.24, 2.45) is 5.10 Å². The minimum Gasteiger partial charge on any atom is -0.316 e. The monoisotopic (exact) mass is 497 g/mol. The summed E-state index contributed by atoms with van der Waals surface area (Å²) in [5.74, 6) is 0.693. The maximum atomic E-state index is 12.4. The molecule has 0 aliphatic rings. The van der Waals surface area contributed by atoms with E-state index in [1.807, 2.05) is 25.1 Å². The fraction of sp³-hybridized carbons (Fsp3) is 0.280. The molecule has 0 spiro atoms. The summed E-state index contributed by atoms with van der Waals surface area (Å²) in [7, 11) is 0. The lowest BCUT2D eigenvalue weighted by atomic mass is 10.1. The van der Waals surface area contributed by atoms with Gasteiger partial charge in [0.1, 0.15) is 0 Å². The third-order valence-corrected chi connectivity index (χ3v) is 7.52. The first kappa shape index (κ1) is 23.4. The van der Waals surface area contributed by atoms with Crippen LogP contribution in [-0.4, -0.2) is 21.9 Å². The minimum absolute atomic E-state index is 0.100. The largest absolute Gasteiger partial charge is 0.316 e. The Hall–Kier alpha value is -2.31. The molecule has 0 unspecified atom stereocenters. The van der Waals surface area contributed by atoms with Crippen LogP contribution in [0, 0.1) is 27.7 Å². The highest BCUT2D eigenvalue weighted by molar-refractivity contribution is 9.10. The summed E-state index contributed by atoms with van der Waals surface area (Å²) in [5, 5.41) is 4.05. The van der Waals surface area contributed by atoms with Gasteiger partial charge in [-0.15, -0.1) is 11.8 Å². The molecule has 1 heterocycles. The van der Waals surface area contributed by atoms with Crippen molar-refractivity contribution < 1.29 is 4.79 Å². The van der Waals surface area contributed by atoms with Crippen LogP contribution in [0.5, 0.6) is 0 Å². The molecule has 3 rings (SSSR count). The van der Waals surface area contributed by atoms with Crippen LogP contribution >= 0.6 is 27.7 Å². The van der Waals surface area contributed by atoms with Gasteiger partial charge in [-0.2, -0.15) is 5.10 Å². The van der Waals surface area contributed by atoms with E-state index in [4.69, 9.17) is 0 Å². The van der Waals surface area contributed by atoms with E-state index in [2.05, 4.69) is 89.1 Å². The van der Waals surface area contributed by atoms with Crippen molar-refractivity contribution in [2.45, 2.75) is 45.6 Å². The predicted molar refractivity (Wildman–Crippen MR) is 135 cm³/mol. The number of hydrogen-bond donors (Lipinski definition) is 1. The van der Waals surface area contributed by atoms with Gasteiger partial charge in [0.15, 0.2) is 0 Å². The van der Waals surface area contributed by atoms with E-state index in [0.29, 0.717) is 0 Å². The summed E-state index contributed by atoms with van der Waals surface area (Å²) >= 11 is 5.31. The highest BCUT2D eigenvalue weighted by Crippen LogP contribution is 2.31. The highest BCUT2D eigenvalue weighted by atomic mass is 79.9. The first-order chi connectivity index (χ1) is 14.8. The van der Waals surface area contributed by atoms with Gasteiger partial charge in [0.2, 0.25) is 0 Å². The third kappa shape index (κ3) is 5.49. The highest BCUT2D eigenvalue weighted by Gasteiger charge is 2.17. The Kier molecular flexibility index (Phi) is 7.79. The summed E-state index contributed by atoms with van der Waals surface area (Å²) in [6.45, 7) is 10.3. The van der Waals surface area contributed by atoms with E-state index in [-0.39, 0.29) is 11.2 Å². The number of hydrazone groups is 1. The first-order valence-electron chi connectivity index (χ1n) is 10.2. The molecule has 6 heteroatoms. The predicted octanol–water partition coefficient (Wildman–Crippen LogP) is 6.25. The van der Waals surface area contributed by atoms with Crippen LogP contribution in [0.4, 0.5) is 0 Å². The average molecular weight is 498 g/mol. The first-order valence-corrected chi connectivity index (χ1v) is 12.1. The Morgan fingerprint density at radius 2 is 1.84 bits per heavy atom. The molecule has 162 valence electrons. The number of rotatable bonds is 7. The van der Waals surface area contributed by atoms with Crippen molar-refractivity contribution in [1.29, 1.82) is 0 Å². The molecule has 0 fully saturated rings. The molecule has 1 N–H and O–H groups in total. The molecule has 1 atom stereocenters. The molecular formula is C25H28BrN3OS. The third-order valence-electron chi connectivity index (χ3n) is 5.30. The number of amides is 1. The summed E-state index contributed by atoms with van der Waals surface area (Å²) in [6.07, 6.45) is 1.72. The van der Waals surface area contributed by atoms with Gasteiger partial charge in [0.05, 0.1) is 11.5 Å². The smallest absolute Gasteiger partial charge is 0.252 e. The number of benzene rings is 2. The van der Waals surface area contributed by atoms with Gasteiger partial charge >= 0.3 is 0 Å². The quantitative estimate of drug-likeness (QED) is 0.309. The van der Waals surface area contributed by atoms with Gasteiger partial charge in [0, 0.05) is 32.9 Å². The zero-order valence-corrected chi connectivity index (χ0v) is 21.0. The van der Waals surface area contributed by atoms with Gasteiger partial charge < -0.3 is 4.57 Å². The Morgan fingerprint density at radius 3 is 2.55 bits per heavy atom. The second kappa shape index (κ2) is 10.3. The molecule has 0 bridgehead atoms. The molecular weight excluding hydrogens is 470 g/mol. The standard InChI is InChI=1S/C25H28BrN3OS/c1-16-11-12-17(2)23(13-16)29-18(3)22(24(26)19(29)4)14-27-28-25(30)20(5)31-15-21-9-7-6-8-10-21/h6-14,20H,15H2,1-5H3,(H,28,30)/b27-14-/t20-/m0/s1. The van der Waals surface area contributed by atoms with Crippen molar-refractivity contribution >= 4 is 39.8 Å². The van der Waals surface area contributed by atoms with E-state index in [1.54, 1.807) is 18.0 Å². The Morgan fingerprint density at radius 1 is 1.13 bits per heavy atom. The number of carbonyl (C=O) groups excluding carboxylic acids is 1. The second-order valence-corrected chi connectivity index (χ2v) is 9.82. The number of thioether (sulfide) groups is 1. The van der Waals surface area contributed by atoms with Crippen molar-refractivity contribution in [3.8, 4) is 5.69 Å².